The van der Waals surface area contributed by atoms with Crippen molar-refractivity contribution in [2.24, 2.45) is 5.92 Å². The van der Waals surface area contributed by atoms with Crippen LogP contribution in [-0.4, -0.2) is 45.5 Å². The molecule has 22 heavy (non-hydrogen) atoms. The fraction of sp³-hybridized carbons (Fsp3) is 0.467. The summed E-state index contributed by atoms with van der Waals surface area (Å²) in [6, 6.07) is 3.38. The second-order valence-corrected chi connectivity index (χ2v) is 4.52. The molecule has 0 amide bonds. The predicted octanol–water partition coefficient (Wildman–Crippen LogP) is 1.52. The number of carboxylic acids is 1. The number of ether oxygens (including phenoxy) is 4. The Morgan fingerprint density at radius 1 is 1.05 bits per heavy atom. The Hall–Kier alpha value is -2.44. The lowest BCUT2D eigenvalue weighted by Crippen LogP contribution is -2.22. The van der Waals surface area contributed by atoms with Crippen LogP contribution in [0.15, 0.2) is 12.1 Å². The molecule has 0 fully saturated rings. The van der Waals surface area contributed by atoms with Gasteiger partial charge < -0.3 is 24.1 Å². The minimum atomic E-state index is -1.07. The number of aliphatic carboxylic acids is 1. The molecule has 0 bridgehead atoms. The maximum absolute atomic E-state index is 11.7. The number of esters is 1. The maximum Gasteiger partial charge on any atom is 0.309 e. The second-order valence-electron chi connectivity index (χ2n) is 4.52. The molecule has 1 atom stereocenters. The number of carbonyl (C=O) groups is 2. The number of carbonyl (C=O) groups excluding carboxylic acids is 1. The third-order valence-corrected chi connectivity index (χ3v) is 3.21. The lowest BCUT2D eigenvalue weighted by Gasteiger charge is -2.18. The largest absolute Gasteiger partial charge is 0.493 e. The predicted molar refractivity (Wildman–Crippen MR) is 77.6 cm³/mol. The van der Waals surface area contributed by atoms with Gasteiger partial charge in [0, 0.05) is 0 Å². The quantitative estimate of drug-likeness (QED) is 0.728. The highest BCUT2D eigenvalue weighted by Gasteiger charge is 2.26. The molecule has 1 aromatic rings. The standard InChI is InChI=1S/C15H20O7/c1-19-11-6-5-9(13(20-2)14(11)21-3)7-10(8-12(16)17)15(18)22-4/h5-6,10H,7-8H2,1-4H3,(H,16,17). The molecule has 122 valence electrons. The first kappa shape index (κ1) is 17.6. The molecule has 1 unspecified atom stereocenters. The molecule has 0 aliphatic rings. The van der Waals surface area contributed by atoms with Gasteiger partial charge in [0.1, 0.15) is 0 Å². The van der Waals surface area contributed by atoms with Gasteiger partial charge in [-0.25, -0.2) is 0 Å². The molecule has 0 saturated heterocycles. The Bertz CT molecular complexity index is 539. The van der Waals surface area contributed by atoms with E-state index < -0.39 is 17.9 Å². The zero-order chi connectivity index (χ0) is 16.7. The number of rotatable bonds is 8. The summed E-state index contributed by atoms with van der Waals surface area (Å²) < 4.78 is 20.4. The van der Waals surface area contributed by atoms with Crippen LogP contribution >= 0.6 is 0 Å². The molecule has 1 rings (SSSR count). The van der Waals surface area contributed by atoms with E-state index in [-0.39, 0.29) is 12.8 Å². The summed E-state index contributed by atoms with van der Waals surface area (Å²) in [6.45, 7) is 0. The maximum atomic E-state index is 11.7. The van der Waals surface area contributed by atoms with Gasteiger partial charge in [-0.05, 0) is 18.1 Å². The van der Waals surface area contributed by atoms with E-state index in [2.05, 4.69) is 4.74 Å². The van der Waals surface area contributed by atoms with Gasteiger partial charge in [-0.15, -0.1) is 0 Å². The number of benzene rings is 1. The van der Waals surface area contributed by atoms with Crippen molar-refractivity contribution in [2.75, 3.05) is 28.4 Å². The lowest BCUT2D eigenvalue weighted by molar-refractivity contribution is -0.150. The Balaban J connectivity index is 3.18. The van der Waals surface area contributed by atoms with E-state index in [1.165, 1.54) is 28.4 Å². The van der Waals surface area contributed by atoms with Crippen molar-refractivity contribution in [1.29, 1.82) is 0 Å². The number of hydrogen-bond donors (Lipinski definition) is 1. The fourth-order valence-corrected chi connectivity index (χ4v) is 2.21. The molecular weight excluding hydrogens is 292 g/mol. The van der Waals surface area contributed by atoms with Gasteiger partial charge in [0.2, 0.25) is 5.75 Å². The molecule has 0 aromatic heterocycles. The summed E-state index contributed by atoms with van der Waals surface area (Å²) in [7, 11) is 5.66. The van der Waals surface area contributed by atoms with Crippen molar-refractivity contribution >= 4 is 11.9 Å². The van der Waals surface area contributed by atoms with Crippen molar-refractivity contribution in [3.8, 4) is 17.2 Å². The molecule has 0 radical (unpaired) electrons. The van der Waals surface area contributed by atoms with E-state index in [1.54, 1.807) is 12.1 Å². The van der Waals surface area contributed by atoms with Crippen LogP contribution in [0.3, 0.4) is 0 Å². The van der Waals surface area contributed by atoms with Crippen LogP contribution in [0.5, 0.6) is 17.2 Å². The highest BCUT2D eigenvalue weighted by Crippen LogP contribution is 2.40. The zero-order valence-corrected chi connectivity index (χ0v) is 13.0. The zero-order valence-electron chi connectivity index (χ0n) is 13.0. The van der Waals surface area contributed by atoms with E-state index in [0.717, 1.165) is 0 Å². The van der Waals surface area contributed by atoms with Crippen molar-refractivity contribution < 1.29 is 33.6 Å². The van der Waals surface area contributed by atoms with Gasteiger partial charge in [0.15, 0.2) is 11.5 Å². The summed E-state index contributed by atoms with van der Waals surface area (Å²) in [4.78, 5) is 22.7. The first-order valence-electron chi connectivity index (χ1n) is 6.55. The van der Waals surface area contributed by atoms with Gasteiger partial charge >= 0.3 is 11.9 Å². The lowest BCUT2D eigenvalue weighted by atomic mass is 9.95. The molecule has 0 aliphatic heterocycles. The van der Waals surface area contributed by atoms with Gasteiger partial charge in [-0.2, -0.15) is 0 Å². The third kappa shape index (κ3) is 4.03. The molecule has 0 heterocycles. The van der Waals surface area contributed by atoms with Crippen molar-refractivity contribution in [3.63, 3.8) is 0 Å². The van der Waals surface area contributed by atoms with Crippen molar-refractivity contribution in [1.82, 2.24) is 0 Å². The van der Waals surface area contributed by atoms with Gasteiger partial charge in [-0.3, -0.25) is 9.59 Å². The van der Waals surface area contributed by atoms with Gasteiger partial charge in [0.05, 0.1) is 40.8 Å². The highest BCUT2D eigenvalue weighted by molar-refractivity contribution is 5.79. The van der Waals surface area contributed by atoms with Crippen molar-refractivity contribution in [2.45, 2.75) is 12.8 Å². The minimum absolute atomic E-state index is 0.155. The SMILES string of the molecule is COC(=O)C(CC(=O)O)Cc1ccc(OC)c(OC)c1OC. The monoisotopic (exact) mass is 312 g/mol. The highest BCUT2D eigenvalue weighted by atomic mass is 16.5. The summed E-state index contributed by atoms with van der Waals surface area (Å²) in [5.41, 5.74) is 0.636. The van der Waals surface area contributed by atoms with Crippen LogP contribution in [-0.2, 0) is 20.7 Å². The average molecular weight is 312 g/mol. The minimum Gasteiger partial charge on any atom is -0.493 e. The molecule has 7 nitrogen and oxygen atoms in total. The molecule has 0 saturated carbocycles. The molecule has 1 aromatic carbocycles. The summed E-state index contributed by atoms with van der Waals surface area (Å²) in [5, 5.41) is 8.93. The first-order chi connectivity index (χ1) is 10.5. The molecule has 0 spiro atoms. The Morgan fingerprint density at radius 2 is 1.68 bits per heavy atom. The topological polar surface area (TPSA) is 91.3 Å². The van der Waals surface area contributed by atoms with E-state index >= 15 is 0 Å². The summed E-state index contributed by atoms with van der Waals surface area (Å²) in [5.74, 6) is -1.19. The number of carboxylic acid groups (broad SMARTS) is 1. The Labute approximate surface area is 128 Å². The average Bonchev–Trinajstić information content (AvgIpc) is 2.52. The van der Waals surface area contributed by atoms with E-state index in [9.17, 15) is 9.59 Å². The second kappa shape index (κ2) is 8.11. The Morgan fingerprint density at radius 3 is 2.14 bits per heavy atom. The van der Waals surface area contributed by atoms with Crippen LogP contribution in [0.2, 0.25) is 0 Å². The van der Waals surface area contributed by atoms with Gasteiger partial charge in [-0.1, -0.05) is 6.07 Å². The summed E-state index contributed by atoms with van der Waals surface area (Å²) in [6.07, 6.45) is -0.174. The van der Waals surface area contributed by atoms with Gasteiger partial charge in [0.25, 0.3) is 0 Å². The van der Waals surface area contributed by atoms with Crippen molar-refractivity contribution in [3.05, 3.63) is 17.7 Å². The van der Waals surface area contributed by atoms with E-state index in [4.69, 9.17) is 19.3 Å². The van der Waals surface area contributed by atoms with Crippen LogP contribution in [0, 0.1) is 5.92 Å². The van der Waals surface area contributed by atoms with E-state index in [1.807, 2.05) is 0 Å². The Kier molecular flexibility index (Phi) is 6.49. The van der Waals surface area contributed by atoms with Crippen LogP contribution in [0.25, 0.3) is 0 Å². The normalized spacial score (nSPS) is 11.5. The molecule has 0 aliphatic carbocycles. The molecule has 7 heteroatoms. The van der Waals surface area contributed by atoms with Crippen LogP contribution in [0.4, 0.5) is 0 Å². The number of hydrogen-bond acceptors (Lipinski definition) is 6. The van der Waals surface area contributed by atoms with Crippen LogP contribution in [0.1, 0.15) is 12.0 Å². The first-order valence-corrected chi connectivity index (χ1v) is 6.55. The fourth-order valence-electron chi connectivity index (χ4n) is 2.21. The molecule has 1 N–H and O–H groups in total. The smallest absolute Gasteiger partial charge is 0.309 e. The van der Waals surface area contributed by atoms with E-state index in [0.29, 0.717) is 22.8 Å². The van der Waals surface area contributed by atoms with Crippen LogP contribution < -0.4 is 14.2 Å². The third-order valence-electron chi connectivity index (χ3n) is 3.21. The number of methoxy groups -OCH3 is 4. The summed E-state index contributed by atoms with van der Waals surface area (Å²) >= 11 is 0. The molecular formula is C15H20O7.